The smallest absolute Gasteiger partial charge is 0.267 e. The van der Waals surface area contributed by atoms with E-state index in [0.717, 1.165) is 23.4 Å². The molecule has 1 N–H and O–H groups in total. The number of amides is 1. The monoisotopic (exact) mass is 276 g/mol. The molecule has 0 saturated heterocycles. The van der Waals surface area contributed by atoms with Crippen LogP contribution >= 0.6 is 0 Å². The second-order valence-corrected chi connectivity index (χ2v) is 5.02. The maximum Gasteiger partial charge on any atom is 0.267 e. The predicted molar refractivity (Wildman–Crippen MR) is 76.9 cm³/mol. The molecule has 0 spiro atoms. The van der Waals surface area contributed by atoms with Crippen molar-refractivity contribution < 1.29 is 14.4 Å². The van der Waals surface area contributed by atoms with Gasteiger partial charge < -0.3 is 14.9 Å². The molecule has 5 heteroatoms. The minimum atomic E-state index is -0.912. The van der Waals surface area contributed by atoms with E-state index in [1.165, 1.54) is 0 Å². The molecule has 1 aromatic rings. The fraction of sp³-hybridized carbons (Fsp3) is 0.467. The first-order valence-corrected chi connectivity index (χ1v) is 6.77. The van der Waals surface area contributed by atoms with Gasteiger partial charge >= 0.3 is 0 Å². The van der Waals surface area contributed by atoms with Crippen molar-refractivity contribution in [1.29, 1.82) is 0 Å². The van der Waals surface area contributed by atoms with Crippen LogP contribution in [0.1, 0.15) is 32.3 Å². The second-order valence-electron chi connectivity index (χ2n) is 5.02. The molecule has 20 heavy (non-hydrogen) atoms. The summed E-state index contributed by atoms with van der Waals surface area (Å²) in [5, 5.41) is 6.91. The number of carbonyl (C=O) groups is 1. The van der Waals surface area contributed by atoms with Gasteiger partial charge in [-0.25, -0.2) is 0 Å². The van der Waals surface area contributed by atoms with Crippen LogP contribution in [-0.2, 0) is 9.63 Å². The molecule has 5 nitrogen and oxygen atoms in total. The number of carbonyl (C=O) groups excluding carboxylic acids is 1. The van der Waals surface area contributed by atoms with E-state index < -0.39 is 5.60 Å². The van der Waals surface area contributed by atoms with E-state index in [4.69, 9.17) is 9.57 Å². The number of benzene rings is 1. The van der Waals surface area contributed by atoms with Crippen molar-refractivity contribution in [1.82, 2.24) is 5.32 Å². The third-order valence-electron chi connectivity index (χ3n) is 3.30. The molecule has 0 radical (unpaired) electrons. The molecule has 2 rings (SSSR count). The Morgan fingerprint density at radius 1 is 1.45 bits per heavy atom. The maximum atomic E-state index is 12.1. The number of oxime groups is 1. The minimum Gasteiger partial charge on any atom is -0.497 e. The van der Waals surface area contributed by atoms with E-state index >= 15 is 0 Å². The van der Waals surface area contributed by atoms with Crippen molar-refractivity contribution in [2.45, 2.75) is 32.3 Å². The van der Waals surface area contributed by atoms with Crippen LogP contribution in [0, 0.1) is 0 Å². The summed E-state index contributed by atoms with van der Waals surface area (Å²) in [5.74, 6) is 0.670. The van der Waals surface area contributed by atoms with Crippen molar-refractivity contribution >= 4 is 11.6 Å². The molecule has 1 aromatic carbocycles. The topological polar surface area (TPSA) is 59.9 Å². The summed E-state index contributed by atoms with van der Waals surface area (Å²) in [4.78, 5) is 17.4. The van der Waals surface area contributed by atoms with Gasteiger partial charge in [-0.3, -0.25) is 4.79 Å². The first-order valence-electron chi connectivity index (χ1n) is 6.77. The zero-order chi connectivity index (χ0) is 14.6. The fourth-order valence-electron chi connectivity index (χ4n) is 2.03. The summed E-state index contributed by atoms with van der Waals surface area (Å²) in [7, 11) is 1.63. The van der Waals surface area contributed by atoms with Gasteiger partial charge in [-0.2, -0.15) is 0 Å². The third-order valence-corrected chi connectivity index (χ3v) is 3.30. The Balaban J connectivity index is 2.04. The molecule has 1 aliphatic heterocycles. The van der Waals surface area contributed by atoms with Crippen LogP contribution in [0.2, 0.25) is 0 Å². The molecule has 0 aliphatic carbocycles. The Labute approximate surface area is 118 Å². The van der Waals surface area contributed by atoms with Crippen molar-refractivity contribution in [2.24, 2.45) is 5.16 Å². The number of hydrogen-bond acceptors (Lipinski definition) is 4. The van der Waals surface area contributed by atoms with E-state index in [0.29, 0.717) is 13.0 Å². The highest BCUT2D eigenvalue weighted by molar-refractivity contribution is 6.05. The molecule has 1 aliphatic rings. The Morgan fingerprint density at radius 2 is 2.15 bits per heavy atom. The molecule has 0 aromatic heterocycles. The molecule has 1 heterocycles. The normalized spacial score (nSPS) is 21.1. The molecule has 108 valence electrons. The molecule has 0 unspecified atom stereocenters. The lowest BCUT2D eigenvalue weighted by molar-refractivity contribution is -0.141. The van der Waals surface area contributed by atoms with Crippen molar-refractivity contribution in [3.8, 4) is 5.75 Å². The number of rotatable bonds is 5. The van der Waals surface area contributed by atoms with Gasteiger partial charge in [-0.1, -0.05) is 12.1 Å². The second kappa shape index (κ2) is 5.94. The average Bonchev–Trinajstić information content (AvgIpc) is 2.88. The Bertz CT molecular complexity index is 510. The minimum absolute atomic E-state index is 0.119. The summed E-state index contributed by atoms with van der Waals surface area (Å²) < 4.78 is 5.12. The molecule has 0 saturated carbocycles. The van der Waals surface area contributed by atoms with E-state index in [9.17, 15) is 4.79 Å². The van der Waals surface area contributed by atoms with E-state index in [1.54, 1.807) is 14.0 Å². The van der Waals surface area contributed by atoms with Crippen molar-refractivity contribution in [3.05, 3.63) is 29.8 Å². The van der Waals surface area contributed by atoms with Gasteiger partial charge in [0.25, 0.3) is 5.91 Å². The van der Waals surface area contributed by atoms with Crippen molar-refractivity contribution in [3.63, 3.8) is 0 Å². The highest BCUT2D eigenvalue weighted by atomic mass is 16.7. The standard InChI is InChI=1S/C15H20N2O3/c1-4-9-16-14(18)15(2)10-13(17-20-15)11-5-7-12(19-3)8-6-11/h5-8H,4,9-10H2,1-3H3,(H,16,18)/t15-/m1/s1. The van der Waals surface area contributed by atoms with E-state index in [-0.39, 0.29) is 5.91 Å². The zero-order valence-corrected chi connectivity index (χ0v) is 12.1. The fourth-order valence-corrected chi connectivity index (χ4v) is 2.03. The number of methoxy groups -OCH3 is 1. The quantitative estimate of drug-likeness (QED) is 0.896. The average molecular weight is 276 g/mol. The Hall–Kier alpha value is -2.04. The van der Waals surface area contributed by atoms with Crippen LogP contribution in [0.25, 0.3) is 0 Å². The van der Waals surface area contributed by atoms with Crippen LogP contribution in [0.5, 0.6) is 5.75 Å². The first-order chi connectivity index (χ1) is 9.59. The van der Waals surface area contributed by atoms with Crippen molar-refractivity contribution in [2.75, 3.05) is 13.7 Å². The Morgan fingerprint density at radius 3 is 2.75 bits per heavy atom. The van der Waals surface area contributed by atoms with Gasteiger partial charge in [0.05, 0.1) is 12.8 Å². The van der Waals surface area contributed by atoms with Crippen LogP contribution in [0.15, 0.2) is 29.4 Å². The predicted octanol–water partition coefficient (Wildman–Crippen LogP) is 2.10. The van der Waals surface area contributed by atoms with Gasteiger partial charge in [0.1, 0.15) is 5.75 Å². The summed E-state index contributed by atoms with van der Waals surface area (Å²) in [6.45, 7) is 4.42. The third kappa shape index (κ3) is 2.92. The Kier molecular flexibility index (Phi) is 4.27. The molecule has 1 atom stereocenters. The van der Waals surface area contributed by atoms with Gasteiger partial charge in [0.15, 0.2) is 0 Å². The molecular weight excluding hydrogens is 256 g/mol. The van der Waals surface area contributed by atoms with Gasteiger partial charge in [-0.05, 0) is 43.2 Å². The van der Waals surface area contributed by atoms with Crippen LogP contribution in [0.4, 0.5) is 0 Å². The lowest BCUT2D eigenvalue weighted by atomic mass is 9.95. The largest absolute Gasteiger partial charge is 0.497 e. The number of nitrogens with zero attached hydrogens (tertiary/aromatic N) is 1. The van der Waals surface area contributed by atoms with Crippen LogP contribution < -0.4 is 10.1 Å². The summed E-state index contributed by atoms with van der Waals surface area (Å²) in [6, 6.07) is 7.56. The lowest BCUT2D eigenvalue weighted by Gasteiger charge is -2.20. The SMILES string of the molecule is CCCNC(=O)[C@@]1(C)CC(c2ccc(OC)cc2)=NO1. The van der Waals surface area contributed by atoms with E-state index in [1.807, 2.05) is 31.2 Å². The summed E-state index contributed by atoms with van der Waals surface area (Å²) >= 11 is 0. The van der Waals surface area contributed by atoms with E-state index in [2.05, 4.69) is 10.5 Å². The highest BCUT2D eigenvalue weighted by Crippen LogP contribution is 2.27. The molecular formula is C15H20N2O3. The molecule has 0 fully saturated rings. The zero-order valence-electron chi connectivity index (χ0n) is 12.1. The van der Waals surface area contributed by atoms with Gasteiger partial charge in [0.2, 0.25) is 5.60 Å². The first kappa shape index (κ1) is 14.4. The van der Waals surface area contributed by atoms with Gasteiger partial charge in [0, 0.05) is 13.0 Å². The maximum absolute atomic E-state index is 12.1. The van der Waals surface area contributed by atoms with Gasteiger partial charge in [-0.15, -0.1) is 0 Å². The summed E-state index contributed by atoms with van der Waals surface area (Å²) in [6.07, 6.45) is 1.36. The molecule has 0 bridgehead atoms. The number of ether oxygens (including phenoxy) is 1. The highest BCUT2D eigenvalue weighted by Gasteiger charge is 2.41. The number of nitrogens with one attached hydrogen (secondary N) is 1. The molecule has 1 amide bonds. The lowest BCUT2D eigenvalue weighted by Crippen LogP contribution is -2.44. The number of hydrogen-bond donors (Lipinski definition) is 1. The van der Waals surface area contributed by atoms with Crippen LogP contribution in [0.3, 0.4) is 0 Å². The summed E-state index contributed by atoms with van der Waals surface area (Å²) in [5.41, 5.74) is 0.810. The van der Waals surface area contributed by atoms with Crippen LogP contribution in [-0.4, -0.2) is 30.9 Å².